The van der Waals surface area contributed by atoms with E-state index >= 15 is 0 Å². The van der Waals surface area contributed by atoms with Crippen molar-refractivity contribution < 1.29 is 24.8 Å². The minimum atomic E-state index is -0.450. The van der Waals surface area contributed by atoms with Gasteiger partial charge in [-0.2, -0.15) is 15.6 Å². The molecule has 0 aromatic heterocycles. The van der Waals surface area contributed by atoms with Gasteiger partial charge in [0.25, 0.3) is 0 Å². The molecule has 0 saturated carbocycles. The minimum Gasteiger partial charge on any atom is -0.335 e. The molecule has 1 aliphatic carbocycles. The molecule has 0 spiro atoms. The van der Waals surface area contributed by atoms with Gasteiger partial charge >= 0.3 is 6.03 Å². The van der Waals surface area contributed by atoms with Gasteiger partial charge in [0.2, 0.25) is 0 Å². The fourth-order valence-electron chi connectivity index (χ4n) is 7.15. The average molecular weight is 624 g/mol. The lowest BCUT2D eigenvalue weighted by atomic mass is 9.78. The van der Waals surface area contributed by atoms with E-state index in [0.717, 1.165) is 24.8 Å². The predicted octanol–water partition coefficient (Wildman–Crippen LogP) is 6.53. The monoisotopic (exact) mass is 623 g/mol. The third-order valence-electron chi connectivity index (χ3n) is 9.24. The summed E-state index contributed by atoms with van der Waals surface area (Å²) in [6, 6.07) is -0.198. The molecular weight excluding hydrogens is 558 g/mol. The Bertz CT molecular complexity index is 982. The summed E-state index contributed by atoms with van der Waals surface area (Å²) < 4.78 is 0. The van der Waals surface area contributed by atoms with Crippen molar-refractivity contribution in [2.24, 2.45) is 5.92 Å². The SMILES string of the molecule is C=O.CC.CC(C)(NOC1CC(C)(C)N(O)C(C)(C)C1)C1=CCC(C(C)(C)NC(=O)NC2CC(C)(C)N(O)C(C)(C)C2)C=C1. The van der Waals surface area contributed by atoms with Crippen LogP contribution in [0.5, 0.6) is 0 Å². The highest BCUT2D eigenvalue weighted by Gasteiger charge is 2.47. The Morgan fingerprint density at radius 1 is 0.864 bits per heavy atom. The zero-order valence-electron chi connectivity index (χ0n) is 30.2. The minimum absolute atomic E-state index is 0.0176. The summed E-state index contributed by atoms with van der Waals surface area (Å²) in [7, 11) is 0. The number of piperidine rings is 2. The Morgan fingerprint density at radius 3 is 1.70 bits per heavy atom. The third-order valence-corrected chi connectivity index (χ3v) is 9.24. The second-order valence-electron chi connectivity index (χ2n) is 16.0. The third kappa shape index (κ3) is 9.84. The van der Waals surface area contributed by atoms with Crippen LogP contribution in [0.25, 0.3) is 0 Å². The van der Waals surface area contributed by atoms with Crippen LogP contribution in [0.1, 0.15) is 129 Å². The first-order valence-electron chi connectivity index (χ1n) is 16.2. The lowest BCUT2D eigenvalue weighted by Crippen LogP contribution is -2.64. The largest absolute Gasteiger partial charge is 0.335 e. The molecule has 0 aromatic carbocycles. The van der Waals surface area contributed by atoms with Crippen molar-refractivity contribution >= 4 is 12.8 Å². The summed E-state index contributed by atoms with van der Waals surface area (Å²) in [5, 5.41) is 30.4. The molecule has 1 atom stereocenters. The molecule has 44 heavy (non-hydrogen) atoms. The number of nitrogens with zero attached hydrogens (tertiary/aromatic N) is 2. The van der Waals surface area contributed by atoms with Crippen molar-refractivity contribution in [3.05, 3.63) is 23.8 Å². The van der Waals surface area contributed by atoms with Gasteiger partial charge in [-0.25, -0.2) is 4.79 Å². The molecule has 2 fully saturated rings. The molecule has 0 radical (unpaired) electrons. The van der Waals surface area contributed by atoms with E-state index in [2.05, 4.69) is 62.0 Å². The summed E-state index contributed by atoms with van der Waals surface area (Å²) in [4.78, 5) is 27.3. The van der Waals surface area contributed by atoms with E-state index in [1.165, 1.54) is 10.1 Å². The van der Waals surface area contributed by atoms with Crippen molar-refractivity contribution in [3.63, 3.8) is 0 Å². The number of hydrogen-bond donors (Lipinski definition) is 5. The lowest BCUT2D eigenvalue weighted by molar-refractivity contribution is -0.268. The Balaban J connectivity index is 0.00000232. The fourth-order valence-corrected chi connectivity index (χ4v) is 7.15. The number of hydroxylamine groups is 5. The zero-order chi connectivity index (χ0) is 34.5. The Hall–Kier alpha value is -1.82. The molecular formula is C34H65N5O5. The highest BCUT2D eigenvalue weighted by molar-refractivity contribution is 5.75. The van der Waals surface area contributed by atoms with E-state index in [-0.39, 0.29) is 35.2 Å². The quantitative estimate of drug-likeness (QED) is 0.203. The molecule has 10 nitrogen and oxygen atoms in total. The first kappa shape index (κ1) is 40.2. The van der Waals surface area contributed by atoms with Crippen molar-refractivity contribution in [3.8, 4) is 0 Å². The van der Waals surface area contributed by atoms with E-state index in [9.17, 15) is 15.2 Å². The van der Waals surface area contributed by atoms with E-state index in [0.29, 0.717) is 12.8 Å². The number of rotatable bonds is 7. The van der Waals surface area contributed by atoms with E-state index < -0.39 is 22.2 Å². The molecule has 2 saturated heterocycles. The molecule has 2 heterocycles. The number of amides is 2. The van der Waals surface area contributed by atoms with E-state index in [1.54, 1.807) is 0 Å². The van der Waals surface area contributed by atoms with Gasteiger partial charge in [0.1, 0.15) is 6.79 Å². The summed E-state index contributed by atoms with van der Waals surface area (Å²) in [6.07, 6.45) is 10.1. The second kappa shape index (κ2) is 14.7. The van der Waals surface area contributed by atoms with Gasteiger partial charge in [-0.15, -0.1) is 0 Å². The molecule has 5 N–H and O–H groups in total. The number of hydrogen-bond acceptors (Lipinski definition) is 8. The summed E-state index contributed by atoms with van der Waals surface area (Å²) in [5.74, 6) is 0.140. The Labute approximate surface area is 267 Å². The summed E-state index contributed by atoms with van der Waals surface area (Å²) >= 11 is 0. The van der Waals surface area contributed by atoms with Crippen molar-refractivity contribution in [1.82, 2.24) is 26.2 Å². The maximum Gasteiger partial charge on any atom is 0.315 e. The van der Waals surface area contributed by atoms with Crippen LogP contribution in [-0.2, 0) is 9.63 Å². The molecule has 1 unspecified atom stereocenters. The number of carbonyl (C=O) groups excluding carboxylic acids is 2. The molecule has 2 aliphatic heterocycles. The van der Waals surface area contributed by atoms with Crippen LogP contribution >= 0.6 is 0 Å². The van der Waals surface area contributed by atoms with Crippen LogP contribution in [0.15, 0.2) is 23.8 Å². The van der Waals surface area contributed by atoms with Gasteiger partial charge in [-0.05, 0) is 121 Å². The average Bonchev–Trinajstić information content (AvgIpc) is 2.90. The lowest BCUT2D eigenvalue weighted by Gasteiger charge is -2.51. The number of urea groups is 1. The maximum atomic E-state index is 13.1. The van der Waals surface area contributed by atoms with Crippen LogP contribution in [0.4, 0.5) is 4.79 Å². The first-order valence-corrected chi connectivity index (χ1v) is 16.2. The molecule has 3 aliphatic rings. The first-order chi connectivity index (χ1) is 20.0. The van der Waals surface area contributed by atoms with Gasteiger partial charge in [-0.3, -0.25) is 4.84 Å². The van der Waals surface area contributed by atoms with Crippen molar-refractivity contribution in [2.75, 3.05) is 0 Å². The Kier molecular flexibility index (Phi) is 13.5. The van der Waals surface area contributed by atoms with Gasteiger partial charge in [0, 0.05) is 39.7 Å². The highest BCUT2D eigenvalue weighted by Crippen LogP contribution is 2.39. The van der Waals surface area contributed by atoms with Crippen LogP contribution in [0.2, 0.25) is 0 Å². The highest BCUT2D eigenvalue weighted by atomic mass is 16.7. The van der Waals surface area contributed by atoms with Crippen LogP contribution in [0, 0.1) is 5.92 Å². The van der Waals surface area contributed by atoms with Crippen molar-refractivity contribution in [1.29, 1.82) is 0 Å². The van der Waals surface area contributed by atoms with Crippen molar-refractivity contribution in [2.45, 2.75) is 174 Å². The van der Waals surface area contributed by atoms with Crippen LogP contribution < -0.4 is 16.1 Å². The van der Waals surface area contributed by atoms with E-state index in [4.69, 9.17) is 9.63 Å². The molecule has 256 valence electrons. The smallest absolute Gasteiger partial charge is 0.315 e. The zero-order valence-corrected chi connectivity index (χ0v) is 30.2. The molecule has 10 heteroatoms. The molecule has 3 rings (SSSR count). The number of carbonyl (C=O) groups is 2. The number of allylic oxidation sites excluding steroid dienone is 1. The van der Waals surface area contributed by atoms with E-state index in [1.807, 2.05) is 76.0 Å². The normalized spacial score (nSPS) is 25.5. The topological polar surface area (TPSA) is 126 Å². The second-order valence-corrected chi connectivity index (χ2v) is 16.0. The maximum absolute atomic E-state index is 13.1. The summed E-state index contributed by atoms with van der Waals surface area (Å²) in [6.45, 7) is 30.5. The van der Waals surface area contributed by atoms with Gasteiger partial charge < -0.3 is 25.8 Å². The summed E-state index contributed by atoms with van der Waals surface area (Å²) in [5.41, 5.74) is 2.02. The van der Waals surface area contributed by atoms with Gasteiger partial charge in [0.15, 0.2) is 0 Å². The van der Waals surface area contributed by atoms with Crippen LogP contribution in [0.3, 0.4) is 0 Å². The molecule has 0 bridgehead atoms. The Morgan fingerprint density at radius 2 is 1.30 bits per heavy atom. The molecule has 0 aromatic rings. The van der Waals surface area contributed by atoms with Gasteiger partial charge in [-0.1, -0.05) is 32.1 Å². The predicted molar refractivity (Wildman–Crippen MR) is 177 cm³/mol. The molecule has 2 amide bonds. The van der Waals surface area contributed by atoms with Crippen LogP contribution in [-0.4, -0.2) is 78.7 Å². The van der Waals surface area contributed by atoms with Gasteiger partial charge in [0.05, 0.1) is 11.6 Å². The fraction of sp³-hybridized carbons (Fsp3) is 0.824. The number of nitrogens with one attached hydrogen (secondary N) is 3. The standard InChI is InChI=1S/C31H57N5O4.C2H6.CH2O/c1-26(2)17-23(18-27(3,4)35(26)38)32-25(37)33-30(9,10)21-13-15-22(16-14-21)31(11,12)34-40-24-19-28(5,6)36(39)29(7,8)20-24;2*1-2/h13,15-16,21,23-24,34,38-39H,14,17-20H2,1-12H3,(H2,32,33,37);1-2H3;1H2.